The average Bonchev–Trinajstić information content (AvgIpc) is 3.43. The number of H-pyrrole nitrogens is 2. The standard InChI is InChI=1S/C25H16FN5/c26-17-8-4-7-16(11-17)19-13-27-14-23-18(19)12-22(28-23)25-24-21(30-31-25)10-9-20(29-24)15-5-2-1-3-6-15/h1-14,28H,(H,30,31). The monoisotopic (exact) mass is 405 g/mol. The molecule has 0 radical (unpaired) electrons. The molecule has 0 aliphatic rings. The van der Waals surface area contributed by atoms with Crippen molar-refractivity contribution in [3.05, 3.63) is 91.0 Å². The predicted octanol–water partition coefficient (Wildman–Crippen LogP) is 5.97. The summed E-state index contributed by atoms with van der Waals surface area (Å²) in [6.07, 6.45) is 3.52. The summed E-state index contributed by atoms with van der Waals surface area (Å²) in [5, 5.41) is 8.53. The predicted molar refractivity (Wildman–Crippen MR) is 120 cm³/mol. The van der Waals surface area contributed by atoms with Gasteiger partial charge in [0.15, 0.2) is 0 Å². The smallest absolute Gasteiger partial charge is 0.135 e. The average molecular weight is 405 g/mol. The highest BCUT2D eigenvalue weighted by Gasteiger charge is 2.15. The van der Waals surface area contributed by atoms with Gasteiger partial charge in [-0.15, -0.1) is 0 Å². The van der Waals surface area contributed by atoms with Crippen molar-refractivity contribution in [2.24, 2.45) is 0 Å². The molecule has 0 saturated carbocycles. The molecule has 6 rings (SSSR count). The minimum Gasteiger partial charge on any atom is -0.352 e. The van der Waals surface area contributed by atoms with Crippen LogP contribution < -0.4 is 0 Å². The first kappa shape index (κ1) is 17.5. The van der Waals surface area contributed by atoms with E-state index in [4.69, 9.17) is 4.98 Å². The second kappa shape index (κ2) is 6.88. The zero-order chi connectivity index (χ0) is 20.8. The number of halogens is 1. The maximum atomic E-state index is 13.8. The van der Waals surface area contributed by atoms with E-state index in [0.29, 0.717) is 0 Å². The number of aromatic nitrogens is 5. The number of aromatic amines is 2. The van der Waals surface area contributed by atoms with Crippen LogP contribution in [-0.4, -0.2) is 25.1 Å². The summed E-state index contributed by atoms with van der Waals surface area (Å²) in [6.45, 7) is 0. The third-order valence-corrected chi connectivity index (χ3v) is 5.41. The number of pyridine rings is 2. The zero-order valence-corrected chi connectivity index (χ0v) is 16.3. The largest absolute Gasteiger partial charge is 0.352 e. The van der Waals surface area contributed by atoms with Crippen LogP contribution >= 0.6 is 0 Å². The molecule has 2 N–H and O–H groups in total. The first-order chi connectivity index (χ1) is 15.3. The van der Waals surface area contributed by atoms with Gasteiger partial charge in [-0.25, -0.2) is 9.37 Å². The molecule has 4 aromatic heterocycles. The van der Waals surface area contributed by atoms with Crippen molar-refractivity contribution in [1.82, 2.24) is 25.1 Å². The summed E-state index contributed by atoms with van der Waals surface area (Å²) < 4.78 is 13.8. The van der Waals surface area contributed by atoms with Crippen molar-refractivity contribution in [3.8, 4) is 33.8 Å². The van der Waals surface area contributed by atoms with Crippen molar-refractivity contribution in [1.29, 1.82) is 0 Å². The van der Waals surface area contributed by atoms with Gasteiger partial charge in [0.25, 0.3) is 0 Å². The Bertz CT molecular complexity index is 1550. The molecule has 4 heterocycles. The molecule has 0 aliphatic carbocycles. The number of hydrogen-bond acceptors (Lipinski definition) is 3. The van der Waals surface area contributed by atoms with Gasteiger partial charge < -0.3 is 4.98 Å². The number of hydrogen-bond donors (Lipinski definition) is 2. The Labute approximate surface area is 176 Å². The number of benzene rings is 2. The summed E-state index contributed by atoms with van der Waals surface area (Å²) in [4.78, 5) is 12.6. The van der Waals surface area contributed by atoms with Crippen molar-refractivity contribution in [3.63, 3.8) is 0 Å². The number of nitrogens with one attached hydrogen (secondary N) is 2. The van der Waals surface area contributed by atoms with Crippen LogP contribution in [-0.2, 0) is 0 Å². The van der Waals surface area contributed by atoms with Gasteiger partial charge in [-0.3, -0.25) is 10.1 Å². The molecule has 6 heteroatoms. The first-order valence-electron chi connectivity index (χ1n) is 9.90. The lowest BCUT2D eigenvalue weighted by molar-refractivity contribution is 0.628. The third kappa shape index (κ3) is 2.97. The second-order valence-corrected chi connectivity index (χ2v) is 7.37. The minimum atomic E-state index is -0.277. The van der Waals surface area contributed by atoms with Gasteiger partial charge in [0.05, 0.1) is 28.6 Å². The van der Waals surface area contributed by atoms with E-state index in [1.165, 1.54) is 12.1 Å². The van der Waals surface area contributed by atoms with Gasteiger partial charge in [-0.1, -0.05) is 42.5 Å². The van der Waals surface area contributed by atoms with Crippen LogP contribution in [0.25, 0.3) is 55.7 Å². The summed E-state index contributed by atoms with van der Waals surface area (Å²) in [6, 6.07) is 22.6. The summed E-state index contributed by atoms with van der Waals surface area (Å²) in [5.74, 6) is -0.277. The fourth-order valence-electron chi connectivity index (χ4n) is 3.92. The van der Waals surface area contributed by atoms with E-state index in [1.807, 2.05) is 54.6 Å². The highest BCUT2D eigenvalue weighted by atomic mass is 19.1. The Morgan fingerprint density at radius 2 is 1.65 bits per heavy atom. The number of fused-ring (bicyclic) bond motifs is 2. The van der Waals surface area contributed by atoms with Crippen molar-refractivity contribution >= 4 is 21.9 Å². The number of rotatable bonds is 3. The van der Waals surface area contributed by atoms with Crippen molar-refractivity contribution in [2.75, 3.05) is 0 Å². The lowest BCUT2D eigenvalue weighted by atomic mass is 10.0. The molecular formula is C25H16FN5. The minimum absolute atomic E-state index is 0.277. The molecule has 0 spiro atoms. The number of nitrogens with zero attached hydrogens (tertiary/aromatic N) is 3. The van der Waals surface area contributed by atoms with Crippen LogP contribution in [0.1, 0.15) is 0 Å². The van der Waals surface area contributed by atoms with Crippen molar-refractivity contribution in [2.45, 2.75) is 0 Å². The van der Waals surface area contributed by atoms with Gasteiger partial charge in [0, 0.05) is 22.7 Å². The summed E-state index contributed by atoms with van der Waals surface area (Å²) >= 11 is 0. The normalized spacial score (nSPS) is 11.4. The van der Waals surface area contributed by atoms with Gasteiger partial charge in [0.2, 0.25) is 0 Å². The maximum absolute atomic E-state index is 13.8. The fourth-order valence-corrected chi connectivity index (χ4v) is 3.92. The van der Waals surface area contributed by atoms with E-state index in [1.54, 1.807) is 18.5 Å². The van der Waals surface area contributed by atoms with E-state index in [2.05, 4.69) is 20.2 Å². The Morgan fingerprint density at radius 1 is 0.774 bits per heavy atom. The summed E-state index contributed by atoms with van der Waals surface area (Å²) in [7, 11) is 0. The third-order valence-electron chi connectivity index (χ3n) is 5.41. The van der Waals surface area contributed by atoms with E-state index in [-0.39, 0.29) is 5.82 Å². The molecule has 0 fully saturated rings. The molecule has 0 aliphatic heterocycles. The maximum Gasteiger partial charge on any atom is 0.135 e. The van der Waals surface area contributed by atoms with E-state index < -0.39 is 0 Å². The molecule has 148 valence electrons. The molecule has 0 unspecified atom stereocenters. The SMILES string of the molecule is Fc1cccc(-c2cncc3[nH]c(-c4n[nH]c5ccc(-c6ccccc6)nc45)cc23)c1. The molecule has 0 bridgehead atoms. The molecule has 0 atom stereocenters. The first-order valence-corrected chi connectivity index (χ1v) is 9.90. The molecule has 6 aromatic rings. The van der Waals surface area contributed by atoms with Gasteiger partial charge >= 0.3 is 0 Å². The van der Waals surface area contributed by atoms with Gasteiger partial charge in [-0.05, 0) is 35.9 Å². The molecule has 0 saturated heterocycles. The van der Waals surface area contributed by atoms with Crippen molar-refractivity contribution < 1.29 is 4.39 Å². The molecule has 2 aromatic carbocycles. The van der Waals surface area contributed by atoms with E-state index in [0.717, 1.165) is 55.7 Å². The summed E-state index contributed by atoms with van der Waals surface area (Å²) in [5.41, 5.74) is 7.62. The molecule has 0 amide bonds. The van der Waals surface area contributed by atoms with Crippen LogP contribution in [0.4, 0.5) is 4.39 Å². The zero-order valence-electron chi connectivity index (χ0n) is 16.3. The van der Waals surface area contributed by atoms with E-state index in [9.17, 15) is 4.39 Å². The van der Waals surface area contributed by atoms with Crippen LogP contribution in [0.15, 0.2) is 85.2 Å². The van der Waals surface area contributed by atoms with Crippen LogP contribution in [0.3, 0.4) is 0 Å². The molecule has 31 heavy (non-hydrogen) atoms. The Morgan fingerprint density at radius 3 is 2.52 bits per heavy atom. The Kier molecular flexibility index (Phi) is 3.89. The van der Waals surface area contributed by atoms with Gasteiger partial charge in [0.1, 0.15) is 17.0 Å². The topological polar surface area (TPSA) is 70.2 Å². The highest BCUT2D eigenvalue weighted by molar-refractivity contribution is 5.99. The molecule has 5 nitrogen and oxygen atoms in total. The highest BCUT2D eigenvalue weighted by Crippen LogP contribution is 2.33. The van der Waals surface area contributed by atoms with Crippen LogP contribution in [0.5, 0.6) is 0 Å². The van der Waals surface area contributed by atoms with Crippen LogP contribution in [0.2, 0.25) is 0 Å². The Balaban J connectivity index is 1.52. The Hall–Kier alpha value is -4.32. The lowest BCUT2D eigenvalue weighted by Crippen LogP contribution is -1.85. The fraction of sp³-hybridized carbons (Fsp3) is 0. The molecular weight excluding hydrogens is 389 g/mol. The quantitative estimate of drug-likeness (QED) is 0.381. The second-order valence-electron chi connectivity index (χ2n) is 7.37. The van der Waals surface area contributed by atoms with Gasteiger partial charge in [-0.2, -0.15) is 5.10 Å². The lowest BCUT2D eigenvalue weighted by Gasteiger charge is -2.02. The van der Waals surface area contributed by atoms with E-state index >= 15 is 0 Å². The van der Waals surface area contributed by atoms with Crippen LogP contribution in [0, 0.1) is 5.82 Å².